The second-order valence-corrected chi connectivity index (χ2v) is 18.1. The van der Waals surface area contributed by atoms with Crippen LogP contribution in [0.5, 0.6) is 0 Å². The maximum atomic E-state index is 15.1. The van der Waals surface area contributed by atoms with Crippen molar-refractivity contribution >= 4 is 48.0 Å². The van der Waals surface area contributed by atoms with E-state index in [4.69, 9.17) is 20.8 Å². The highest BCUT2D eigenvalue weighted by Crippen LogP contribution is 2.37. The Morgan fingerprint density at radius 3 is 2.04 bits per heavy atom. The van der Waals surface area contributed by atoms with E-state index in [-0.39, 0.29) is 31.3 Å². The smallest absolute Gasteiger partial charge is 0.410 e. The molecule has 1 atom stereocenters. The number of nitro groups is 1. The molecule has 0 saturated carbocycles. The van der Waals surface area contributed by atoms with Crippen LogP contribution in [0.3, 0.4) is 0 Å². The summed E-state index contributed by atoms with van der Waals surface area (Å²) in [6, 6.07) is 21.3. The Balaban J connectivity index is 1.69. The van der Waals surface area contributed by atoms with Crippen LogP contribution in [0.1, 0.15) is 58.3 Å². The number of rotatable bonds is 8. The topological polar surface area (TPSA) is 102 Å². The van der Waals surface area contributed by atoms with Gasteiger partial charge in [0.25, 0.3) is 19.9 Å². The lowest BCUT2D eigenvalue weighted by atomic mass is 10.1. The lowest BCUT2D eigenvalue weighted by Gasteiger charge is -2.45. The third-order valence-electron chi connectivity index (χ3n) is 8.05. The van der Waals surface area contributed by atoms with Gasteiger partial charge < -0.3 is 19.0 Å². The van der Waals surface area contributed by atoms with E-state index in [2.05, 4.69) is 45.0 Å². The predicted octanol–water partition coefficient (Wildman–Crippen LogP) is 6.42. The zero-order valence-corrected chi connectivity index (χ0v) is 28.8. The first-order chi connectivity index (χ1) is 21.5. The van der Waals surface area contributed by atoms with Crippen molar-refractivity contribution < 1.29 is 28.1 Å². The summed E-state index contributed by atoms with van der Waals surface area (Å²) in [7, 11) is -2.91. The van der Waals surface area contributed by atoms with E-state index < -0.39 is 59.0 Å². The third kappa shape index (κ3) is 7.59. The summed E-state index contributed by atoms with van der Waals surface area (Å²) in [5.41, 5.74) is -1.75. The molecule has 1 aliphatic heterocycles. The van der Waals surface area contributed by atoms with Crippen LogP contribution in [0.2, 0.25) is 10.1 Å². The van der Waals surface area contributed by atoms with Gasteiger partial charge in [-0.3, -0.25) is 14.9 Å². The highest BCUT2D eigenvalue weighted by molar-refractivity contribution is 6.99. The number of nitrogens with zero attached hydrogens (tertiary/aromatic N) is 3. The van der Waals surface area contributed by atoms with Gasteiger partial charge in [0.2, 0.25) is 0 Å². The fourth-order valence-electron chi connectivity index (χ4n) is 5.97. The minimum atomic E-state index is -2.91. The molecule has 1 aliphatic rings. The molecule has 0 aromatic heterocycles. The number of piperazine rings is 1. The lowest BCUT2D eigenvalue weighted by molar-refractivity contribution is -0.384. The second-order valence-electron chi connectivity index (χ2n) is 13.4. The molecule has 12 heteroatoms. The van der Waals surface area contributed by atoms with Crippen LogP contribution in [-0.2, 0) is 9.16 Å². The molecule has 246 valence electrons. The minimum Gasteiger partial charge on any atom is -0.444 e. The monoisotopic (exact) mass is 669 g/mol. The summed E-state index contributed by atoms with van der Waals surface area (Å²) in [6.07, 6.45) is -0.210. The molecule has 0 N–H and O–H groups in total. The van der Waals surface area contributed by atoms with E-state index in [0.717, 1.165) is 22.5 Å². The Bertz CT molecular complexity index is 1520. The van der Waals surface area contributed by atoms with Crippen molar-refractivity contribution in [1.29, 1.82) is 0 Å². The first-order valence-corrected chi connectivity index (χ1v) is 17.5. The Hall–Kier alpha value is -3.80. The molecule has 0 unspecified atom stereocenters. The lowest BCUT2D eigenvalue weighted by Crippen LogP contribution is -2.67. The average Bonchev–Trinajstić information content (AvgIpc) is 2.98. The van der Waals surface area contributed by atoms with Crippen molar-refractivity contribution in [3.63, 3.8) is 0 Å². The molecule has 0 spiro atoms. The summed E-state index contributed by atoms with van der Waals surface area (Å²) in [4.78, 5) is 40.7. The number of carbonyl (C=O) groups excluding carboxylic acids is 2. The van der Waals surface area contributed by atoms with Gasteiger partial charge in [-0.05, 0) is 42.6 Å². The highest BCUT2D eigenvalue weighted by Gasteiger charge is 2.50. The Kier molecular flexibility index (Phi) is 10.6. The minimum absolute atomic E-state index is 0.0673. The molecule has 0 aliphatic carbocycles. The Labute approximate surface area is 275 Å². The molecule has 9 nitrogen and oxygen atoms in total. The van der Waals surface area contributed by atoms with Gasteiger partial charge in [-0.15, -0.1) is 0 Å². The molecule has 1 fully saturated rings. The standard InChI is InChI=1S/C34H41ClFN3O6Si/c1-33(2,3)45-32(41)37-18-19-38(31(40)27-21-30(39(42)43)28(35)22-29(27)36)24(23-37)17-20-44-46(34(4,5)6,25-13-9-7-10-14-25)26-15-11-8-12-16-26/h7-16,21-22,24H,17-20,23H2,1-6H3/t24-/m1/s1. The maximum absolute atomic E-state index is 15.1. The van der Waals surface area contributed by atoms with Crippen LogP contribution in [-0.4, -0.2) is 72.9 Å². The molecule has 0 radical (unpaired) electrons. The van der Waals surface area contributed by atoms with Gasteiger partial charge in [0.05, 0.1) is 16.5 Å². The number of hydrogen-bond acceptors (Lipinski definition) is 6. The highest BCUT2D eigenvalue weighted by atomic mass is 35.5. The maximum Gasteiger partial charge on any atom is 0.410 e. The number of hydrogen-bond donors (Lipinski definition) is 0. The van der Waals surface area contributed by atoms with Crippen molar-refractivity contribution in [1.82, 2.24) is 9.80 Å². The fourth-order valence-corrected chi connectivity index (χ4v) is 10.8. The number of ether oxygens (including phenoxy) is 1. The number of benzene rings is 3. The van der Waals surface area contributed by atoms with Crippen LogP contribution in [0.15, 0.2) is 72.8 Å². The van der Waals surface area contributed by atoms with Gasteiger partial charge in [-0.2, -0.15) is 0 Å². The van der Waals surface area contributed by atoms with E-state index in [0.29, 0.717) is 6.42 Å². The molecule has 1 saturated heterocycles. The number of amides is 2. The SMILES string of the molecule is CC(C)(C)OC(=O)N1CCN(C(=O)c2cc([N+](=O)[O-])c(Cl)cc2F)[C@H](CCO[Si](c2ccccc2)(c2ccccc2)C(C)(C)C)C1. The van der Waals surface area contributed by atoms with Gasteiger partial charge in [-0.1, -0.05) is 93.0 Å². The zero-order valence-electron chi connectivity index (χ0n) is 27.1. The van der Waals surface area contributed by atoms with E-state index in [1.807, 2.05) is 36.4 Å². The van der Waals surface area contributed by atoms with Gasteiger partial charge in [-0.25, -0.2) is 9.18 Å². The van der Waals surface area contributed by atoms with Crippen LogP contribution in [0, 0.1) is 15.9 Å². The summed E-state index contributed by atoms with van der Waals surface area (Å²) in [5, 5.41) is 13.0. The Morgan fingerprint density at radius 1 is 0.978 bits per heavy atom. The van der Waals surface area contributed by atoms with Gasteiger partial charge in [0.15, 0.2) is 0 Å². The Morgan fingerprint density at radius 2 is 1.54 bits per heavy atom. The van der Waals surface area contributed by atoms with Crippen molar-refractivity contribution in [2.24, 2.45) is 0 Å². The van der Waals surface area contributed by atoms with Crippen LogP contribution < -0.4 is 10.4 Å². The molecule has 3 aromatic carbocycles. The number of halogens is 2. The number of carbonyl (C=O) groups is 2. The van der Waals surface area contributed by atoms with Crippen molar-refractivity contribution in [2.75, 3.05) is 26.2 Å². The normalized spacial score (nSPS) is 15.9. The van der Waals surface area contributed by atoms with Crippen LogP contribution in [0.25, 0.3) is 0 Å². The molecule has 1 heterocycles. The summed E-state index contributed by atoms with van der Waals surface area (Å²) in [6.45, 7) is 12.4. The molecule has 46 heavy (non-hydrogen) atoms. The quantitative estimate of drug-likeness (QED) is 0.156. The molecule has 2 amide bonds. The molecular formula is C34H41ClFN3O6Si. The summed E-state index contributed by atoms with van der Waals surface area (Å²) < 4.78 is 27.7. The first kappa shape index (κ1) is 35.1. The van der Waals surface area contributed by atoms with Gasteiger partial charge in [0.1, 0.15) is 16.4 Å². The summed E-state index contributed by atoms with van der Waals surface area (Å²) >= 11 is 5.89. The molecular weight excluding hydrogens is 629 g/mol. The largest absolute Gasteiger partial charge is 0.444 e. The van der Waals surface area contributed by atoms with E-state index in [9.17, 15) is 19.7 Å². The zero-order chi connectivity index (χ0) is 33.9. The van der Waals surface area contributed by atoms with Crippen molar-refractivity contribution in [2.45, 2.75) is 64.6 Å². The predicted molar refractivity (Wildman–Crippen MR) is 179 cm³/mol. The second kappa shape index (κ2) is 13.9. The first-order valence-electron chi connectivity index (χ1n) is 15.2. The molecule has 3 aromatic rings. The molecule has 0 bridgehead atoms. The fraction of sp³-hybridized carbons (Fsp3) is 0.412. The third-order valence-corrected chi connectivity index (χ3v) is 13.4. The molecule has 4 rings (SSSR count). The van der Waals surface area contributed by atoms with E-state index in [1.54, 1.807) is 20.8 Å². The van der Waals surface area contributed by atoms with E-state index in [1.165, 1.54) is 9.80 Å². The van der Waals surface area contributed by atoms with Crippen LogP contribution >= 0.6 is 11.6 Å². The van der Waals surface area contributed by atoms with Crippen LogP contribution in [0.4, 0.5) is 14.9 Å². The van der Waals surface area contributed by atoms with Gasteiger partial charge >= 0.3 is 6.09 Å². The average molecular weight is 670 g/mol. The van der Waals surface area contributed by atoms with Crippen molar-refractivity contribution in [3.8, 4) is 0 Å². The van der Waals surface area contributed by atoms with Crippen molar-refractivity contribution in [3.05, 3.63) is 99.3 Å². The number of nitro benzene ring substituents is 1. The van der Waals surface area contributed by atoms with Gasteiger partial charge in [0, 0.05) is 38.4 Å². The summed E-state index contributed by atoms with van der Waals surface area (Å²) in [5.74, 6) is -1.69. The van der Waals surface area contributed by atoms with E-state index >= 15 is 4.39 Å².